The highest BCUT2D eigenvalue weighted by Gasteiger charge is 2.40. The molecule has 2 amide bonds. The fourth-order valence-electron chi connectivity index (χ4n) is 3.72. The number of rotatable bonds is 3. The number of carbonyl (C=O) groups excluding carboxylic acids is 3. The molecule has 0 spiro atoms. The molecule has 1 unspecified atom stereocenters. The van der Waals surface area contributed by atoms with Crippen molar-refractivity contribution in [1.29, 1.82) is 0 Å². The number of ether oxygens (including phenoxy) is 2. The molecule has 1 aliphatic rings. The van der Waals surface area contributed by atoms with Gasteiger partial charge < -0.3 is 14.6 Å². The van der Waals surface area contributed by atoms with E-state index in [0.29, 0.717) is 0 Å². The number of hydrogen-bond acceptors (Lipinski definition) is 8. The van der Waals surface area contributed by atoms with Crippen molar-refractivity contribution in [3.63, 3.8) is 0 Å². The molecule has 10 nitrogen and oxygen atoms in total. The van der Waals surface area contributed by atoms with E-state index >= 15 is 0 Å². The van der Waals surface area contributed by atoms with Crippen LogP contribution in [0.4, 0.5) is 13.6 Å². The molecule has 0 fully saturated rings. The lowest BCUT2D eigenvalue weighted by Crippen LogP contribution is -2.44. The second kappa shape index (κ2) is 8.36. The third-order valence-electron chi connectivity index (χ3n) is 5.10. The Bertz CT molecular complexity index is 1370. The van der Waals surface area contributed by atoms with Crippen LogP contribution in [0.2, 0.25) is 0 Å². The topological polar surface area (TPSA) is 132 Å². The van der Waals surface area contributed by atoms with Gasteiger partial charge in [0.25, 0.3) is 5.91 Å². The van der Waals surface area contributed by atoms with Crippen molar-refractivity contribution in [2.75, 3.05) is 0 Å². The van der Waals surface area contributed by atoms with E-state index in [9.17, 15) is 28.3 Å². The van der Waals surface area contributed by atoms with E-state index in [1.807, 2.05) is 0 Å². The zero-order valence-corrected chi connectivity index (χ0v) is 20.2. The molecule has 35 heavy (non-hydrogen) atoms. The maximum atomic E-state index is 14.7. The van der Waals surface area contributed by atoms with Crippen molar-refractivity contribution in [2.45, 2.75) is 52.2 Å². The van der Waals surface area contributed by atoms with Gasteiger partial charge in [0.1, 0.15) is 11.3 Å². The zero-order chi connectivity index (χ0) is 25.9. The smallest absolute Gasteiger partial charge is 0.426 e. The average molecular weight is 509 g/mol. The number of aliphatic hydroxyl groups excluding tert-OH is 1. The molecule has 1 aliphatic heterocycles. The second-order valence-electron chi connectivity index (χ2n) is 9.30. The molecule has 3 N–H and O–H groups in total. The minimum absolute atomic E-state index is 0.0614. The van der Waals surface area contributed by atoms with Crippen LogP contribution in [-0.2, 0) is 15.1 Å². The Morgan fingerprint density at radius 1 is 1.26 bits per heavy atom. The lowest BCUT2D eigenvalue weighted by molar-refractivity contribution is -0.225. The van der Waals surface area contributed by atoms with Crippen molar-refractivity contribution in [2.24, 2.45) is 0 Å². The first-order valence-electron chi connectivity index (χ1n) is 10.4. The molecule has 0 saturated heterocycles. The summed E-state index contributed by atoms with van der Waals surface area (Å²) in [6.07, 6.45) is -1.20. The molecular formula is C22H22F2N4O6S. The van der Waals surface area contributed by atoms with Crippen LogP contribution in [0, 0.1) is 11.6 Å². The van der Waals surface area contributed by atoms with Gasteiger partial charge in [-0.2, -0.15) is 0 Å². The Balaban J connectivity index is 1.64. The number of halogens is 2. The number of ketones is 1. The van der Waals surface area contributed by atoms with Crippen LogP contribution in [0.5, 0.6) is 0 Å². The summed E-state index contributed by atoms with van der Waals surface area (Å²) in [7, 11) is 0. The van der Waals surface area contributed by atoms with Gasteiger partial charge >= 0.3 is 6.09 Å². The lowest BCUT2D eigenvalue weighted by atomic mass is 9.93. The largest absolute Gasteiger partial charge is 0.443 e. The number of thiazole rings is 1. The fourth-order valence-corrected chi connectivity index (χ4v) is 4.47. The number of carbonyl (C=O) groups is 3. The Kier molecular flexibility index (Phi) is 5.90. The number of amides is 2. The SMILES string of the molecule is CC(C)(C)OC(=O)NNC(=O)c1csc(C(=O)c2cn3c4c(c(F)c(F)cc24)C(C)(C)OC3O)n1. The van der Waals surface area contributed by atoms with Crippen LogP contribution < -0.4 is 10.9 Å². The monoisotopic (exact) mass is 508 g/mol. The van der Waals surface area contributed by atoms with Gasteiger partial charge in [-0.1, -0.05) is 0 Å². The van der Waals surface area contributed by atoms with Crippen LogP contribution in [0.15, 0.2) is 17.6 Å². The predicted molar refractivity (Wildman–Crippen MR) is 120 cm³/mol. The number of hydrazine groups is 1. The van der Waals surface area contributed by atoms with Crippen molar-refractivity contribution in [3.8, 4) is 0 Å². The summed E-state index contributed by atoms with van der Waals surface area (Å²) in [6.45, 7) is 7.91. The third kappa shape index (κ3) is 4.49. The van der Waals surface area contributed by atoms with Crippen LogP contribution in [0.1, 0.15) is 72.5 Å². The van der Waals surface area contributed by atoms with Crippen molar-refractivity contribution in [3.05, 3.63) is 51.1 Å². The summed E-state index contributed by atoms with van der Waals surface area (Å²) in [5.74, 6) is -3.80. The molecule has 186 valence electrons. The molecule has 13 heteroatoms. The summed E-state index contributed by atoms with van der Waals surface area (Å²) >= 11 is 0.842. The number of aliphatic hydroxyl groups is 1. The molecule has 0 aliphatic carbocycles. The highest BCUT2D eigenvalue weighted by Crippen LogP contribution is 2.43. The maximum absolute atomic E-state index is 14.7. The number of hydrogen-bond donors (Lipinski definition) is 3. The van der Waals surface area contributed by atoms with E-state index in [1.54, 1.807) is 20.8 Å². The Morgan fingerprint density at radius 2 is 1.94 bits per heavy atom. The first kappa shape index (κ1) is 24.7. The van der Waals surface area contributed by atoms with Gasteiger partial charge in [-0.25, -0.2) is 24.0 Å². The molecule has 1 aromatic carbocycles. The van der Waals surface area contributed by atoms with Crippen LogP contribution in [0.25, 0.3) is 10.9 Å². The van der Waals surface area contributed by atoms with Gasteiger partial charge in [-0.05, 0) is 40.7 Å². The molecule has 4 rings (SSSR count). The summed E-state index contributed by atoms with van der Waals surface area (Å²) in [4.78, 5) is 41.2. The minimum atomic E-state index is -1.54. The number of aromatic nitrogens is 2. The van der Waals surface area contributed by atoms with Crippen LogP contribution >= 0.6 is 11.3 Å². The molecule has 2 aromatic heterocycles. The quantitative estimate of drug-likeness (QED) is 0.365. The zero-order valence-electron chi connectivity index (χ0n) is 19.4. The van der Waals surface area contributed by atoms with Gasteiger partial charge in [0.2, 0.25) is 12.2 Å². The van der Waals surface area contributed by atoms with E-state index in [2.05, 4.69) is 15.8 Å². The van der Waals surface area contributed by atoms with Gasteiger partial charge in [0.15, 0.2) is 16.6 Å². The predicted octanol–water partition coefficient (Wildman–Crippen LogP) is 3.49. The van der Waals surface area contributed by atoms with Crippen molar-refractivity contribution < 1.29 is 37.7 Å². The molecular weight excluding hydrogens is 486 g/mol. The van der Waals surface area contributed by atoms with Gasteiger partial charge in [0, 0.05) is 22.5 Å². The lowest BCUT2D eigenvalue weighted by Gasteiger charge is -2.35. The maximum Gasteiger partial charge on any atom is 0.426 e. The summed E-state index contributed by atoms with van der Waals surface area (Å²) in [6, 6.07) is 0.873. The summed E-state index contributed by atoms with van der Waals surface area (Å²) in [5.41, 5.74) is 1.82. The van der Waals surface area contributed by atoms with Crippen molar-refractivity contribution in [1.82, 2.24) is 20.4 Å². The Morgan fingerprint density at radius 3 is 2.60 bits per heavy atom. The first-order chi connectivity index (χ1) is 16.2. The minimum Gasteiger partial charge on any atom is -0.443 e. The normalized spacial score (nSPS) is 16.7. The Labute approximate surface area is 201 Å². The van der Waals surface area contributed by atoms with E-state index in [0.717, 1.165) is 22.0 Å². The van der Waals surface area contributed by atoms with Crippen LogP contribution in [0.3, 0.4) is 0 Å². The summed E-state index contributed by atoms with van der Waals surface area (Å²) < 4.78 is 40.7. The average Bonchev–Trinajstić information content (AvgIpc) is 3.35. The number of nitrogens with one attached hydrogen (secondary N) is 2. The van der Waals surface area contributed by atoms with E-state index in [-0.39, 0.29) is 32.7 Å². The van der Waals surface area contributed by atoms with Crippen molar-refractivity contribution >= 4 is 40.0 Å². The first-order valence-corrected chi connectivity index (χ1v) is 11.3. The van der Waals surface area contributed by atoms with Gasteiger partial charge in [-0.15, -0.1) is 11.3 Å². The van der Waals surface area contributed by atoms with E-state index < -0.39 is 47.0 Å². The van der Waals surface area contributed by atoms with E-state index in [4.69, 9.17) is 9.47 Å². The van der Waals surface area contributed by atoms with E-state index in [1.165, 1.54) is 25.4 Å². The number of benzene rings is 1. The second-order valence-corrected chi connectivity index (χ2v) is 10.2. The Hall–Kier alpha value is -3.42. The molecule has 0 bridgehead atoms. The van der Waals surface area contributed by atoms with Gasteiger partial charge in [0.05, 0.1) is 16.7 Å². The molecule has 3 heterocycles. The fraction of sp³-hybridized carbons (Fsp3) is 0.364. The highest BCUT2D eigenvalue weighted by atomic mass is 32.1. The number of nitrogens with zero attached hydrogens (tertiary/aromatic N) is 2. The third-order valence-corrected chi connectivity index (χ3v) is 5.94. The standard InChI is InChI=1S/C22H22F2N4O6S/c1-21(2,3)33-19(31)27-26-17(30)12-8-35-18(25-12)16(29)10-7-28-15-9(10)6-11(23)14(24)13(15)22(4,5)34-20(28)32/h6-8,20,32H,1-5H3,(H,26,30)(H,27,31). The van der Waals surface area contributed by atoms with Gasteiger partial charge in [-0.3, -0.25) is 19.6 Å². The highest BCUT2D eigenvalue weighted by molar-refractivity contribution is 7.12. The molecule has 1 atom stereocenters. The molecule has 0 radical (unpaired) electrons. The van der Waals surface area contributed by atoms with Crippen LogP contribution in [-0.4, -0.2) is 38.0 Å². The summed E-state index contributed by atoms with van der Waals surface area (Å²) in [5, 5.41) is 11.6. The molecule has 0 saturated carbocycles. The molecule has 3 aromatic rings.